The first-order valence-electron chi connectivity index (χ1n) is 8.63. The molecule has 0 aliphatic carbocycles. The summed E-state index contributed by atoms with van der Waals surface area (Å²) in [5.74, 6) is 0.420. The molecule has 0 bridgehead atoms. The first-order chi connectivity index (χ1) is 13.9. The lowest BCUT2D eigenvalue weighted by Crippen LogP contribution is -2.08. The van der Waals surface area contributed by atoms with Crippen LogP contribution in [0.1, 0.15) is 16.7 Å². The number of cyclic esters (lactones) is 1. The fourth-order valence-corrected chi connectivity index (χ4v) is 2.78. The van der Waals surface area contributed by atoms with Crippen molar-refractivity contribution in [3.05, 3.63) is 81.6 Å². The number of hydrogen-bond acceptors (Lipinski definition) is 7. The van der Waals surface area contributed by atoms with E-state index in [4.69, 9.17) is 14.2 Å². The zero-order valence-corrected chi connectivity index (χ0v) is 15.9. The molecule has 0 atom stereocenters. The van der Waals surface area contributed by atoms with E-state index in [1.807, 2.05) is 0 Å². The Balaban J connectivity index is 1.94. The highest BCUT2D eigenvalue weighted by Gasteiger charge is 2.27. The van der Waals surface area contributed by atoms with E-state index in [9.17, 15) is 14.9 Å². The highest BCUT2D eigenvalue weighted by atomic mass is 16.6. The minimum absolute atomic E-state index is 0.0281. The molecule has 148 valence electrons. The summed E-state index contributed by atoms with van der Waals surface area (Å²) in [4.78, 5) is 27.1. The third-order valence-corrected chi connectivity index (χ3v) is 4.20. The molecular weight excluding hydrogens is 376 g/mol. The first kappa shape index (κ1) is 19.8. The molecule has 0 aromatic heterocycles. The Hall–Kier alpha value is -3.94. The van der Waals surface area contributed by atoms with Crippen LogP contribution in [0.15, 0.2) is 59.7 Å². The SMILES string of the molecule is C=CCOc1ccc(/C=C2\N=C(c3cccc([N+](=O)[O-])c3C)OC2=O)cc1OC. The average molecular weight is 394 g/mol. The number of esters is 1. The van der Waals surface area contributed by atoms with Crippen LogP contribution in [0.25, 0.3) is 6.08 Å². The van der Waals surface area contributed by atoms with Crippen LogP contribution >= 0.6 is 0 Å². The van der Waals surface area contributed by atoms with E-state index in [-0.39, 0.29) is 17.3 Å². The lowest BCUT2D eigenvalue weighted by atomic mass is 10.1. The summed E-state index contributed by atoms with van der Waals surface area (Å²) in [6.07, 6.45) is 3.16. The van der Waals surface area contributed by atoms with Crippen molar-refractivity contribution >= 4 is 23.6 Å². The van der Waals surface area contributed by atoms with Crippen LogP contribution in [0, 0.1) is 17.0 Å². The molecule has 0 spiro atoms. The van der Waals surface area contributed by atoms with E-state index in [2.05, 4.69) is 11.6 Å². The van der Waals surface area contributed by atoms with Crippen molar-refractivity contribution in [2.24, 2.45) is 4.99 Å². The summed E-state index contributed by atoms with van der Waals surface area (Å²) < 4.78 is 16.0. The summed E-state index contributed by atoms with van der Waals surface area (Å²) in [6.45, 7) is 5.51. The van der Waals surface area contributed by atoms with Crippen molar-refractivity contribution in [1.82, 2.24) is 0 Å². The van der Waals surface area contributed by atoms with Gasteiger partial charge < -0.3 is 14.2 Å². The second kappa shape index (κ2) is 8.39. The summed E-state index contributed by atoms with van der Waals surface area (Å²) in [7, 11) is 1.51. The smallest absolute Gasteiger partial charge is 0.363 e. The molecule has 8 nitrogen and oxygen atoms in total. The highest BCUT2D eigenvalue weighted by Crippen LogP contribution is 2.30. The quantitative estimate of drug-likeness (QED) is 0.233. The molecule has 0 amide bonds. The van der Waals surface area contributed by atoms with Crippen LogP contribution in [0.5, 0.6) is 11.5 Å². The first-order valence-corrected chi connectivity index (χ1v) is 8.63. The van der Waals surface area contributed by atoms with Crippen molar-refractivity contribution in [3.63, 3.8) is 0 Å². The molecule has 3 rings (SSSR count). The third-order valence-electron chi connectivity index (χ3n) is 4.20. The molecular formula is C21H18N2O6. The molecule has 8 heteroatoms. The van der Waals surface area contributed by atoms with Crippen molar-refractivity contribution in [3.8, 4) is 11.5 Å². The second-order valence-corrected chi connectivity index (χ2v) is 6.05. The number of ether oxygens (including phenoxy) is 3. The van der Waals surface area contributed by atoms with Gasteiger partial charge in [-0.25, -0.2) is 9.79 Å². The number of carbonyl (C=O) groups excluding carboxylic acids is 1. The van der Waals surface area contributed by atoms with E-state index in [0.29, 0.717) is 34.8 Å². The van der Waals surface area contributed by atoms with Gasteiger partial charge in [0.2, 0.25) is 5.90 Å². The van der Waals surface area contributed by atoms with Gasteiger partial charge in [0.15, 0.2) is 17.2 Å². The molecule has 0 saturated heterocycles. The van der Waals surface area contributed by atoms with Crippen molar-refractivity contribution < 1.29 is 23.9 Å². The summed E-state index contributed by atoms with van der Waals surface area (Å²) in [5.41, 5.74) is 1.42. The fourth-order valence-electron chi connectivity index (χ4n) is 2.78. The van der Waals surface area contributed by atoms with E-state index in [0.717, 1.165) is 0 Å². The monoisotopic (exact) mass is 394 g/mol. The Morgan fingerprint density at radius 3 is 2.76 bits per heavy atom. The standard InChI is InChI=1S/C21H18N2O6/c1-4-10-28-18-9-8-14(12-19(18)27-3)11-16-21(24)29-20(22-16)15-6-5-7-17(13(15)2)23(25)26/h4-9,11-12H,1,10H2,2-3H3/b16-11-. The van der Waals surface area contributed by atoms with Gasteiger partial charge in [0.05, 0.1) is 12.0 Å². The number of aliphatic imine (C=N–C) groups is 1. The predicted molar refractivity (Wildman–Crippen MR) is 107 cm³/mol. The molecule has 0 saturated carbocycles. The second-order valence-electron chi connectivity index (χ2n) is 6.05. The summed E-state index contributed by atoms with van der Waals surface area (Å²) in [6, 6.07) is 9.68. The Morgan fingerprint density at radius 2 is 2.07 bits per heavy atom. The highest BCUT2D eigenvalue weighted by molar-refractivity contribution is 6.13. The van der Waals surface area contributed by atoms with Crippen molar-refractivity contribution in [2.45, 2.75) is 6.92 Å². The Kier molecular flexibility index (Phi) is 5.73. The van der Waals surface area contributed by atoms with Crippen molar-refractivity contribution in [1.29, 1.82) is 0 Å². The van der Waals surface area contributed by atoms with Crippen LogP contribution in [0.4, 0.5) is 5.69 Å². The Labute approximate surface area is 166 Å². The van der Waals surface area contributed by atoms with Gasteiger partial charge in [0.1, 0.15) is 6.61 Å². The largest absolute Gasteiger partial charge is 0.493 e. The molecule has 2 aromatic carbocycles. The van der Waals surface area contributed by atoms with Gasteiger partial charge in [-0.2, -0.15) is 0 Å². The van der Waals surface area contributed by atoms with Crippen LogP contribution in [0.2, 0.25) is 0 Å². The molecule has 0 unspecified atom stereocenters. The summed E-state index contributed by atoms with van der Waals surface area (Å²) >= 11 is 0. The molecule has 29 heavy (non-hydrogen) atoms. The van der Waals surface area contributed by atoms with Crippen LogP contribution in [-0.4, -0.2) is 30.5 Å². The maximum atomic E-state index is 12.2. The Morgan fingerprint density at radius 1 is 1.28 bits per heavy atom. The molecule has 0 fully saturated rings. The number of nitrogens with zero attached hydrogens (tertiary/aromatic N) is 2. The van der Waals surface area contributed by atoms with Crippen LogP contribution in [0.3, 0.4) is 0 Å². The van der Waals surface area contributed by atoms with Gasteiger partial charge in [0, 0.05) is 17.2 Å². The number of nitro benzene ring substituents is 1. The molecule has 0 radical (unpaired) electrons. The minimum atomic E-state index is -0.642. The zero-order valence-electron chi connectivity index (χ0n) is 15.9. The van der Waals surface area contributed by atoms with Gasteiger partial charge in [-0.1, -0.05) is 24.8 Å². The van der Waals surface area contributed by atoms with E-state index in [1.165, 1.54) is 19.2 Å². The molecule has 0 N–H and O–H groups in total. The number of nitro groups is 1. The number of rotatable bonds is 7. The maximum absolute atomic E-state index is 12.2. The third kappa shape index (κ3) is 4.16. The lowest BCUT2D eigenvalue weighted by Gasteiger charge is -2.09. The number of carbonyl (C=O) groups is 1. The zero-order chi connectivity index (χ0) is 21.0. The lowest BCUT2D eigenvalue weighted by molar-refractivity contribution is -0.385. The number of methoxy groups -OCH3 is 1. The Bertz CT molecular complexity index is 1060. The van der Waals surface area contributed by atoms with Gasteiger partial charge in [-0.15, -0.1) is 0 Å². The van der Waals surface area contributed by atoms with Gasteiger partial charge in [-0.05, 0) is 36.8 Å². The summed E-state index contributed by atoms with van der Waals surface area (Å²) in [5, 5.41) is 11.1. The van der Waals surface area contributed by atoms with Gasteiger partial charge in [0.25, 0.3) is 5.69 Å². The van der Waals surface area contributed by atoms with Gasteiger partial charge in [-0.3, -0.25) is 10.1 Å². The maximum Gasteiger partial charge on any atom is 0.363 e. The van der Waals surface area contributed by atoms with E-state index in [1.54, 1.807) is 43.3 Å². The number of hydrogen-bond donors (Lipinski definition) is 0. The molecule has 2 aromatic rings. The molecule has 1 heterocycles. The minimum Gasteiger partial charge on any atom is -0.493 e. The van der Waals surface area contributed by atoms with Crippen LogP contribution in [-0.2, 0) is 9.53 Å². The normalized spacial score (nSPS) is 14.3. The van der Waals surface area contributed by atoms with E-state index >= 15 is 0 Å². The van der Waals surface area contributed by atoms with Crippen molar-refractivity contribution in [2.75, 3.05) is 13.7 Å². The van der Waals surface area contributed by atoms with Gasteiger partial charge >= 0.3 is 5.97 Å². The topological polar surface area (TPSA) is 100 Å². The fraction of sp³-hybridized carbons (Fsp3) is 0.143. The number of benzene rings is 2. The average Bonchev–Trinajstić information content (AvgIpc) is 3.06. The van der Waals surface area contributed by atoms with Crippen LogP contribution < -0.4 is 9.47 Å². The van der Waals surface area contributed by atoms with E-state index < -0.39 is 10.9 Å². The molecule has 1 aliphatic heterocycles. The predicted octanol–water partition coefficient (Wildman–Crippen LogP) is 3.82. The molecule has 1 aliphatic rings.